The molecule has 22 heavy (non-hydrogen) atoms. The zero-order chi connectivity index (χ0) is 15.6. The molecule has 1 heterocycles. The van der Waals surface area contributed by atoms with Crippen molar-refractivity contribution in [2.24, 2.45) is 5.73 Å². The zero-order valence-electron chi connectivity index (χ0n) is 12.1. The Morgan fingerprint density at radius 1 is 1.36 bits per heavy atom. The van der Waals surface area contributed by atoms with Crippen molar-refractivity contribution in [2.45, 2.75) is 31.2 Å². The van der Waals surface area contributed by atoms with Crippen LogP contribution in [0.2, 0.25) is 5.02 Å². The first-order valence-corrected chi connectivity index (χ1v) is 8.62. The van der Waals surface area contributed by atoms with Gasteiger partial charge in [-0.2, -0.15) is 0 Å². The van der Waals surface area contributed by atoms with Gasteiger partial charge in [-0.25, -0.2) is 4.98 Å². The van der Waals surface area contributed by atoms with Crippen LogP contribution in [0.4, 0.5) is 0 Å². The lowest BCUT2D eigenvalue weighted by molar-refractivity contribution is 0.0898. The first-order valence-electron chi connectivity index (χ1n) is 7.37. The highest BCUT2D eigenvalue weighted by molar-refractivity contribution is 7.13. The highest BCUT2D eigenvalue weighted by atomic mass is 35.5. The van der Waals surface area contributed by atoms with Gasteiger partial charge < -0.3 is 11.1 Å². The van der Waals surface area contributed by atoms with Crippen molar-refractivity contribution in [1.29, 1.82) is 0 Å². The summed E-state index contributed by atoms with van der Waals surface area (Å²) in [7, 11) is 0. The molecule has 1 aliphatic carbocycles. The number of amides is 1. The van der Waals surface area contributed by atoms with Gasteiger partial charge in [0.2, 0.25) is 0 Å². The van der Waals surface area contributed by atoms with Crippen LogP contribution in [0.25, 0.3) is 10.6 Å². The van der Waals surface area contributed by atoms with Gasteiger partial charge in [-0.3, -0.25) is 4.79 Å². The maximum atomic E-state index is 12.4. The molecular formula is C16H18ClN3OS. The van der Waals surface area contributed by atoms with Gasteiger partial charge >= 0.3 is 0 Å². The van der Waals surface area contributed by atoms with Crippen molar-refractivity contribution in [2.75, 3.05) is 6.54 Å². The SMILES string of the molecule is NCC1(NC(=O)c2csc(-c3ccccc3Cl)n2)CCCC1. The Bertz CT molecular complexity index is 680. The van der Waals surface area contributed by atoms with Gasteiger partial charge in [0.1, 0.15) is 10.7 Å². The van der Waals surface area contributed by atoms with E-state index in [1.165, 1.54) is 11.3 Å². The lowest BCUT2D eigenvalue weighted by Crippen LogP contribution is -2.51. The van der Waals surface area contributed by atoms with Crippen LogP contribution in [0.3, 0.4) is 0 Å². The van der Waals surface area contributed by atoms with Crippen molar-refractivity contribution in [3.63, 3.8) is 0 Å². The number of carbonyl (C=O) groups is 1. The molecule has 116 valence electrons. The second-order valence-corrected chi connectivity index (χ2v) is 6.93. The van der Waals surface area contributed by atoms with E-state index in [0.29, 0.717) is 17.3 Å². The normalized spacial score (nSPS) is 16.6. The Kier molecular flexibility index (Phi) is 4.47. The van der Waals surface area contributed by atoms with E-state index in [-0.39, 0.29) is 11.4 Å². The summed E-state index contributed by atoms with van der Waals surface area (Å²) in [5.41, 5.74) is 6.88. The number of nitrogens with two attached hydrogens (primary N) is 1. The fraction of sp³-hybridized carbons (Fsp3) is 0.375. The maximum absolute atomic E-state index is 12.4. The predicted molar refractivity (Wildman–Crippen MR) is 90.3 cm³/mol. The summed E-state index contributed by atoms with van der Waals surface area (Å²) in [6.07, 6.45) is 4.10. The second kappa shape index (κ2) is 6.36. The molecule has 0 saturated heterocycles. The van der Waals surface area contributed by atoms with Gasteiger partial charge in [0, 0.05) is 17.5 Å². The summed E-state index contributed by atoms with van der Waals surface area (Å²) in [4.78, 5) is 16.9. The summed E-state index contributed by atoms with van der Waals surface area (Å²) in [5.74, 6) is -0.151. The number of halogens is 1. The third kappa shape index (κ3) is 3.02. The monoisotopic (exact) mass is 335 g/mol. The van der Waals surface area contributed by atoms with Gasteiger partial charge in [-0.15, -0.1) is 11.3 Å². The number of nitrogens with zero attached hydrogens (tertiary/aromatic N) is 1. The Morgan fingerprint density at radius 3 is 2.77 bits per heavy atom. The first-order chi connectivity index (χ1) is 10.6. The van der Waals surface area contributed by atoms with Crippen LogP contribution in [0.5, 0.6) is 0 Å². The fourth-order valence-corrected chi connectivity index (χ4v) is 3.99. The average molecular weight is 336 g/mol. The number of aromatic nitrogens is 1. The lowest BCUT2D eigenvalue weighted by Gasteiger charge is -2.28. The minimum absolute atomic E-state index is 0.151. The molecule has 1 aromatic carbocycles. The standard InChI is InChI=1S/C16H18ClN3OS/c17-12-6-2-1-5-11(12)15-19-13(9-22-15)14(21)20-16(10-18)7-3-4-8-16/h1-2,5-6,9H,3-4,7-8,10,18H2,(H,20,21). The van der Waals surface area contributed by atoms with Gasteiger partial charge in [0.15, 0.2) is 0 Å². The van der Waals surface area contributed by atoms with Crippen LogP contribution in [0.15, 0.2) is 29.6 Å². The molecule has 0 unspecified atom stereocenters. The minimum atomic E-state index is -0.259. The number of benzene rings is 1. The Hall–Kier alpha value is -1.43. The third-order valence-electron chi connectivity index (χ3n) is 4.17. The van der Waals surface area contributed by atoms with E-state index in [9.17, 15) is 4.79 Å². The smallest absolute Gasteiger partial charge is 0.271 e. The van der Waals surface area contributed by atoms with E-state index in [2.05, 4.69) is 10.3 Å². The molecule has 3 rings (SSSR count). The quantitative estimate of drug-likeness (QED) is 0.899. The Balaban J connectivity index is 1.79. The summed E-state index contributed by atoms with van der Waals surface area (Å²) in [5, 5.41) is 6.25. The molecular weight excluding hydrogens is 318 g/mol. The van der Waals surface area contributed by atoms with Crippen LogP contribution >= 0.6 is 22.9 Å². The topological polar surface area (TPSA) is 68.0 Å². The molecule has 0 spiro atoms. The molecule has 1 amide bonds. The molecule has 0 atom stereocenters. The molecule has 0 radical (unpaired) electrons. The van der Waals surface area contributed by atoms with Crippen LogP contribution in [0, 0.1) is 0 Å². The molecule has 3 N–H and O–H groups in total. The van der Waals surface area contributed by atoms with Crippen molar-refractivity contribution in [3.8, 4) is 10.6 Å². The van der Waals surface area contributed by atoms with E-state index in [0.717, 1.165) is 36.3 Å². The van der Waals surface area contributed by atoms with Crippen LogP contribution in [-0.4, -0.2) is 23.0 Å². The van der Waals surface area contributed by atoms with Gasteiger partial charge in [0.25, 0.3) is 5.91 Å². The van der Waals surface area contributed by atoms with Crippen molar-refractivity contribution >= 4 is 28.8 Å². The zero-order valence-corrected chi connectivity index (χ0v) is 13.7. The molecule has 1 aliphatic rings. The molecule has 0 aliphatic heterocycles. The summed E-state index contributed by atoms with van der Waals surface area (Å²) < 4.78 is 0. The first kappa shape index (κ1) is 15.5. The van der Waals surface area contributed by atoms with E-state index in [1.54, 1.807) is 5.38 Å². The summed E-state index contributed by atoms with van der Waals surface area (Å²) >= 11 is 7.60. The number of hydrogen-bond donors (Lipinski definition) is 2. The Morgan fingerprint density at radius 2 is 2.09 bits per heavy atom. The van der Waals surface area contributed by atoms with E-state index in [1.807, 2.05) is 24.3 Å². The van der Waals surface area contributed by atoms with E-state index >= 15 is 0 Å². The molecule has 0 bridgehead atoms. The molecule has 1 saturated carbocycles. The minimum Gasteiger partial charge on any atom is -0.344 e. The molecule has 6 heteroatoms. The van der Waals surface area contributed by atoms with Crippen molar-refractivity contribution in [1.82, 2.24) is 10.3 Å². The summed E-state index contributed by atoms with van der Waals surface area (Å²) in [6.45, 7) is 0.472. The number of thiazole rings is 1. The second-order valence-electron chi connectivity index (χ2n) is 5.66. The average Bonchev–Trinajstić information content (AvgIpc) is 3.17. The Labute approximate surface area is 138 Å². The molecule has 4 nitrogen and oxygen atoms in total. The third-order valence-corrected chi connectivity index (χ3v) is 5.38. The largest absolute Gasteiger partial charge is 0.344 e. The number of nitrogens with one attached hydrogen (secondary N) is 1. The number of rotatable bonds is 4. The fourth-order valence-electron chi connectivity index (χ4n) is 2.87. The van der Waals surface area contributed by atoms with Crippen LogP contribution in [0.1, 0.15) is 36.2 Å². The van der Waals surface area contributed by atoms with E-state index in [4.69, 9.17) is 17.3 Å². The van der Waals surface area contributed by atoms with Crippen LogP contribution < -0.4 is 11.1 Å². The molecule has 1 aromatic heterocycles. The van der Waals surface area contributed by atoms with Crippen molar-refractivity contribution in [3.05, 3.63) is 40.4 Å². The van der Waals surface area contributed by atoms with Gasteiger partial charge in [0.05, 0.1) is 10.6 Å². The van der Waals surface area contributed by atoms with Crippen molar-refractivity contribution < 1.29 is 4.79 Å². The lowest BCUT2D eigenvalue weighted by atomic mass is 9.98. The van der Waals surface area contributed by atoms with Gasteiger partial charge in [-0.1, -0.05) is 42.6 Å². The highest BCUT2D eigenvalue weighted by Crippen LogP contribution is 2.31. The van der Waals surface area contributed by atoms with Crippen LogP contribution in [-0.2, 0) is 0 Å². The number of hydrogen-bond acceptors (Lipinski definition) is 4. The number of carbonyl (C=O) groups excluding carboxylic acids is 1. The summed E-state index contributed by atoms with van der Waals surface area (Å²) in [6, 6.07) is 7.50. The van der Waals surface area contributed by atoms with Gasteiger partial charge in [-0.05, 0) is 18.9 Å². The molecule has 2 aromatic rings. The highest BCUT2D eigenvalue weighted by Gasteiger charge is 2.34. The molecule has 1 fully saturated rings. The maximum Gasteiger partial charge on any atom is 0.271 e. The van der Waals surface area contributed by atoms with E-state index < -0.39 is 0 Å². The predicted octanol–water partition coefficient (Wildman–Crippen LogP) is 3.46.